The van der Waals surface area contributed by atoms with E-state index in [-0.39, 0.29) is 23.9 Å². The van der Waals surface area contributed by atoms with Gasteiger partial charge in [-0.25, -0.2) is 4.39 Å². The Balaban J connectivity index is -0.00000101. The Morgan fingerprint density at radius 3 is 1.86 bits per heavy atom. The molecule has 2 aliphatic rings. The molecule has 1 saturated heterocycles. The summed E-state index contributed by atoms with van der Waals surface area (Å²) in [5, 5.41) is 27.2. The maximum Gasteiger partial charge on any atom is 0.193 e. The fourth-order valence-corrected chi connectivity index (χ4v) is 6.65. The normalized spacial score (nSPS) is 25.3. The number of hydrogen-bond acceptors (Lipinski definition) is 6. The summed E-state index contributed by atoms with van der Waals surface area (Å²) in [6.45, 7) is 36.0. The summed E-state index contributed by atoms with van der Waals surface area (Å²) >= 11 is 0. The van der Waals surface area contributed by atoms with Crippen LogP contribution in [0.1, 0.15) is 150 Å². The number of fused-ring (bicyclic) bond motifs is 1. The van der Waals surface area contributed by atoms with Gasteiger partial charge in [0.1, 0.15) is 6.61 Å². The van der Waals surface area contributed by atoms with E-state index in [0.29, 0.717) is 11.3 Å². The third-order valence-corrected chi connectivity index (χ3v) is 10.2. The van der Waals surface area contributed by atoms with Crippen molar-refractivity contribution in [3.05, 3.63) is 46.4 Å². The highest BCUT2D eigenvalue weighted by molar-refractivity contribution is 5.91. The first-order valence-electron chi connectivity index (χ1n) is 19.6. The van der Waals surface area contributed by atoms with Gasteiger partial charge in [0.25, 0.3) is 0 Å². The molecule has 1 aromatic carbocycles. The number of ether oxygens (including phenoxy) is 2. The van der Waals surface area contributed by atoms with Crippen molar-refractivity contribution in [3.8, 4) is 0 Å². The summed E-state index contributed by atoms with van der Waals surface area (Å²) in [7, 11) is 0. The molecule has 1 heterocycles. The lowest BCUT2D eigenvalue weighted by molar-refractivity contribution is -0.168. The maximum atomic E-state index is 13.3. The Hall–Kier alpha value is -1.90. The molecule has 6 nitrogen and oxygen atoms in total. The number of halogens is 1. The standard InChI is InChI=1S/C28H40O4.C8H18.C3H8O.2C2H6.CH3FO/c1-8-19(6)22-14-12-11-13-21(22)15-20(9-2)26-31-25-16-23(18(4)5)27(7,10-3)28(25,32-26)24(30)17-29;1-6-7(2)8(3,4)5;1-3(2)4;2*1-2;2-1-3/h9,11-15,18,23,25-26,29H,8,10,16-17H2,1-7H3;7H,6H2,1-5H3;3-4H,1-2H3;2*1-2H3;3H,1H2/b20-9+,21-15-,22-19?;;;;;/t23-,25+,26?,27?,28+;;;;;/m0...../s1. The van der Waals surface area contributed by atoms with E-state index in [1.165, 1.54) is 17.2 Å². The lowest BCUT2D eigenvalue weighted by atomic mass is 9.64. The molecule has 0 spiro atoms. The molecule has 1 saturated carbocycles. The summed E-state index contributed by atoms with van der Waals surface area (Å²) in [4.78, 5) is 13.3. The van der Waals surface area contributed by atoms with E-state index in [1.54, 1.807) is 13.8 Å². The predicted molar refractivity (Wildman–Crippen MR) is 216 cm³/mol. The van der Waals surface area contributed by atoms with E-state index in [2.05, 4.69) is 100 Å². The number of allylic oxidation sites excluding steroid dienone is 1. The van der Waals surface area contributed by atoms with Gasteiger partial charge in [0.05, 0.1) is 6.10 Å². The minimum Gasteiger partial charge on any atom is -0.394 e. The average Bonchev–Trinajstić information content (AvgIpc) is 3.61. The molecule has 0 amide bonds. The molecule has 6 atom stereocenters. The van der Waals surface area contributed by atoms with Crippen LogP contribution in [0.2, 0.25) is 0 Å². The molecule has 1 aliphatic carbocycles. The van der Waals surface area contributed by atoms with E-state index in [0.717, 1.165) is 36.0 Å². The lowest BCUT2D eigenvalue weighted by Crippen LogP contribution is -2.57. The number of rotatable bonds is 8. The highest BCUT2D eigenvalue weighted by atomic mass is 19.1. The molecule has 0 bridgehead atoms. The molecular weight excluding hydrogens is 643 g/mol. The fourth-order valence-electron chi connectivity index (χ4n) is 6.65. The number of benzene rings is 1. The van der Waals surface area contributed by atoms with Crippen LogP contribution in [0.3, 0.4) is 0 Å². The Labute approximate surface area is 313 Å². The van der Waals surface area contributed by atoms with Crippen LogP contribution in [0.4, 0.5) is 4.39 Å². The minimum absolute atomic E-state index is 0.167. The zero-order valence-corrected chi connectivity index (χ0v) is 36.1. The summed E-state index contributed by atoms with van der Waals surface area (Å²) in [5.74, 6) is 1.27. The highest BCUT2D eigenvalue weighted by Crippen LogP contribution is 2.61. The van der Waals surface area contributed by atoms with Gasteiger partial charge in [0.15, 0.2) is 24.5 Å². The van der Waals surface area contributed by atoms with E-state index in [4.69, 9.17) is 19.7 Å². The quantitative estimate of drug-likeness (QED) is 0.247. The van der Waals surface area contributed by atoms with E-state index >= 15 is 0 Å². The second kappa shape index (κ2) is 26.8. The van der Waals surface area contributed by atoms with E-state index in [9.17, 15) is 14.3 Å². The van der Waals surface area contributed by atoms with Crippen LogP contribution in [-0.4, -0.2) is 58.7 Å². The van der Waals surface area contributed by atoms with Crippen molar-refractivity contribution in [1.82, 2.24) is 0 Å². The van der Waals surface area contributed by atoms with Crippen molar-refractivity contribution < 1.29 is 34.0 Å². The number of aliphatic hydroxyl groups is 3. The third-order valence-electron chi connectivity index (χ3n) is 10.2. The number of ketones is 1. The number of aliphatic hydroxyl groups excluding tert-OH is 3. The van der Waals surface area contributed by atoms with Crippen LogP contribution in [0.15, 0.2) is 35.9 Å². The zero-order valence-electron chi connectivity index (χ0n) is 36.1. The molecule has 300 valence electrons. The largest absolute Gasteiger partial charge is 0.394 e. The number of Topliss-reactive ketones (excluding diaryl/α,β-unsaturated/α-hetero) is 1. The van der Waals surface area contributed by atoms with Crippen molar-refractivity contribution in [1.29, 1.82) is 0 Å². The monoisotopic (exact) mass is 725 g/mol. The van der Waals surface area contributed by atoms with Crippen LogP contribution < -0.4 is 10.4 Å². The van der Waals surface area contributed by atoms with Gasteiger partial charge in [-0.2, -0.15) is 0 Å². The molecule has 0 aromatic heterocycles. The molecule has 51 heavy (non-hydrogen) atoms. The van der Waals surface area contributed by atoms with Gasteiger partial charge in [-0.1, -0.05) is 139 Å². The second-order valence-electron chi connectivity index (χ2n) is 14.8. The van der Waals surface area contributed by atoms with Gasteiger partial charge in [-0.15, -0.1) is 0 Å². The molecular formula is C44H81FO6. The Bertz CT molecular complexity index is 1210. The van der Waals surface area contributed by atoms with Crippen molar-refractivity contribution >= 4 is 17.4 Å². The Morgan fingerprint density at radius 1 is 1.02 bits per heavy atom. The molecule has 3 N–H and O–H groups in total. The second-order valence-corrected chi connectivity index (χ2v) is 14.8. The molecule has 2 fully saturated rings. The van der Waals surface area contributed by atoms with Crippen molar-refractivity contribution in [2.24, 2.45) is 28.6 Å². The Morgan fingerprint density at radius 2 is 1.51 bits per heavy atom. The van der Waals surface area contributed by atoms with E-state index in [1.807, 2.05) is 46.8 Å². The molecule has 3 unspecified atom stereocenters. The topological polar surface area (TPSA) is 96.2 Å². The van der Waals surface area contributed by atoms with Crippen LogP contribution >= 0.6 is 0 Å². The molecule has 0 radical (unpaired) electrons. The van der Waals surface area contributed by atoms with Gasteiger partial charge in [0, 0.05) is 17.1 Å². The van der Waals surface area contributed by atoms with Crippen LogP contribution in [0, 0.1) is 28.6 Å². The Kier molecular flexibility index (Phi) is 28.1. The summed E-state index contributed by atoms with van der Waals surface area (Å²) in [5.41, 5.74) is 1.21. The average molecular weight is 725 g/mol. The molecule has 3 rings (SSSR count). The third kappa shape index (κ3) is 15.2. The molecule has 1 aliphatic heterocycles. The van der Waals surface area contributed by atoms with Crippen LogP contribution in [0.25, 0.3) is 11.6 Å². The number of alkyl halides is 1. The fraction of sp³-hybridized carbons (Fsp3) is 0.750. The number of carbonyl (C=O) groups is 1. The SMILES string of the molecule is C/C=C(\C=c1\ccccc1=C(C)CC)C1O[C@@H]2C[C@@H](C(C)C)C(C)(CC)[C@]2(C(=O)CO)O1.CC.CC.CC(C)O.CCC(C)C(C)(C)C.OCF. The highest BCUT2D eigenvalue weighted by Gasteiger charge is 2.71. The zero-order chi connectivity index (χ0) is 40.8. The smallest absolute Gasteiger partial charge is 0.193 e. The number of carbonyl (C=O) groups excluding carboxylic acids is 1. The molecule has 7 heteroatoms. The predicted octanol–water partition coefficient (Wildman–Crippen LogP) is 9.55. The number of hydrogen-bond donors (Lipinski definition) is 3. The first-order chi connectivity index (χ1) is 23.8. The summed E-state index contributed by atoms with van der Waals surface area (Å²) in [6.07, 6.45) is 6.79. The van der Waals surface area contributed by atoms with Gasteiger partial charge in [0.2, 0.25) is 0 Å². The lowest BCUT2D eigenvalue weighted by Gasteiger charge is -2.44. The van der Waals surface area contributed by atoms with Crippen molar-refractivity contribution in [2.45, 2.75) is 174 Å². The van der Waals surface area contributed by atoms with Gasteiger partial charge >= 0.3 is 0 Å². The first-order valence-corrected chi connectivity index (χ1v) is 19.6. The van der Waals surface area contributed by atoms with Crippen LogP contribution in [-0.2, 0) is 14.3 Å². The van der Waals surface area contributed by atoms with E-state index < -0.39 is 30.8 Å². The summed E-state index contributed by atoms with van der Waals surface area (Å²) in [6, 6.07) is 8.34. The minimum atomic E-state index is -1.25. The summed E-state index contributed by atoms with van der Waals surface area (Å²) < 4.78 is 23.0. The first kappa shape index (κ1) is 53.5. The van der Waals surface area contributed by atoms with Crippen LogP contribution in [0.5, 0.6) is 0 Å². The van der Waals surface area contributed by atoms with Gasteiger partial charge in [-0.3, -0.25) is 4.79 Å². The maximum absolute atomic E-state index is 13.3. The van der Waals surface area contributed by atoms with Gasteiger partial charge < -0.3 is 24.8 Å². The molecule has 1 aromatic rings. The van der Waals surface area contributed by atoms with Crippen molar-refractivity contribution in [3.63, 3.8) is 0 Å². The van der Waals surface area contributed by atoms with Crippen molar-refractivity contribution in [2.75, 3.05) is 13.5 Å². The van der Waals surface area contributed by atoms with Gasteiger partial charge in [-0.05, 0) is 86.6 Å².